The molecule has 0 spiro atoms. The molecular weight excluding hydrogens is 466 g/mol. The number of sulfone groups is 1. The second-order valence-corrected chi connectivity index (χ2v) is 11.0. The lowest BCUT2D eigenvalue weighted by atomic mass is 10.1. The van der Waals surface area contributed by atoms with Crippen LogP contribution in [0.4, 0.5) is 11.6 Å². The third-order valence-corrected chi connectivity index (χ3v) is 8.51. The fourth-order valence-corrected chi connectivity index (χ4v) is 6.86. The number of nitrogens with one attached hydrogen (secondary N) is 2. The molecule has 3 aromatic rings. The number of phenolic OH excluding ortho intramolecular Hbond substituents is 1. The van der Waals surface area contributed by atoms with Crippen LogP contribution in [-0.2, 0) is 22.7 Å². The van der Waals surface area contributed by atoms with Gasteiger partial charge in [-0.3, -0.25) is 0 Å². The molecule has 1 fully saturated rings. The van der Waals surface area contributed by atoms with Crippen molar-refractivity contribution in [3.8, 4) is 17.2 Å². The number of nitrogens with zero attached hydrogens (tertiary/aromatic N) is 3. The average molecular weight is 490 g/mol. The van der Waals surface area contributed by atoms with E-state index in [1.165, 1.54) is 12.1 Å². The van der Waals surface area contributed by atoms with Crippen LogP contribution in [0.3, 0.4) is 0 Å². The molecule has 1 heterocycles. The minimum atomic E-state index is -3.64. The Kier molecular flexibility index (Phi) is 5.88. The number of H-pyrrole nitrogens is 1. The molecule has 2 aliphatic rings. The third kappa shape index (κ3) is 4.49. The van der Waals surface area contributed by atoms with Gasteiger partial charge >= 0.3 is 0 Å². The maximum Gasteiger partial charge on any atom is 0.244 e. The van der Waals surface area contributed by atoms with Gasteiger partial charge in [-0.15, -0.1) is 0 Å². The highest BCUT2D eigenvalue weighted by Crippen LogP contribution is 2.44. The van der Waals surface area contributed by atoms with Crippen molar-refractivity contribution in [2.24, 2.45) is 5.92 Å². The highest BCUT2D eigenvalue weighted by molar-refractivity contribution is 7.91. The molecule has 0 unspecified atom stereocenters. The first kappa shape index (κ1) is 22.0. The Balaban J connectivity index is 1.45. The van der Waals surface area contributed by atoms with E-state index in [0.717, 1.165) is 61.8 Å². The van der Waals surface area contributed by atoms with Crippen LogP contribution in [0.5, 0.6) is 17.2 Å². The molecule has 1 aromatic heterocycles. The molecule has 0 atom stereocenters. The number of halogens is 1. The molecule has 174 valence electrons. The van der Waals surface area contributed by atoms with Crippen LogP contribution < -0.4 is 10.1 Å². The summed E-state index contributed by atoms with van der Waals surface area (Å²) in [6.45, 7) is 0. The fourth-order valence-electron chi connectivity index (χ4n) is 4.78. The molecule has 33 heavy (non-hydrogen) atoms. The van der Waals surface area contributed by atoms with Crippen molar-refractivity contribution in [3.63, 3.8) is 0 Å². The number of benzene rings is 2. The van der Waals surface area contributed by atoms with E-state index in [1.807, 2.05) is 0 Å². The van der Waals surface area contributed by atoms with Crippen LogP contribution in [-0.4, -0.2) is 39.9 Å². The largest absolute Gasteiger partial charge is 0.507 e. The number of hydrogen-bond donors (Lipinski definition) is 3. The van der Waals surface area contributed by atoms with E-state index < -0.39 is 9.84 Å². The number of hydrogen-bond acceptors (Lipinski definition) is 8. The van der Waals surface area contributed by atoms with Gasteiger partial charge in [0.1, 0.15) is 22.1 Å². The summed E-state index contributed by atoms with van der Waals surface area (Å²) in [5.74, 6) is 1.12. The van der Waals surface area contributed by atoms with Crippen molar-refractivity contribution in [2.45, 2.75) is 49.8 Å². The number of rotatable bonds is 7. The summed E-state index contributed by atoms with van der Waals surface area (Å²) in [5.41, 5.74) is 2.81. The van der Waals surface area contributed by atoms with Crippen molar-refractivity contribution in [3.05, 3.63) is 40.4 Å². The third-order valence-electron chi connectivity index (χ3n) is 6.32. The van der Waals surface area contributed by atoms with Gasteiger partial charge in [0.05, 0.1) is 10.8 Å². The predicted octanol–water partition coefficient (Wildman–Crippen LogP) is 4.55. The first-order chi connectivity index (χ1) is 15.9. The maximum atomic E-state index is 13.0. The number of aromatic nitrogens is 4. The van der Waals surface area contributed by atoms with Gasteiger partial charge in [-0.1, -0.05) is 29.5 Å². The maximum absolute atomic E-state index is 13.0. The summed E-state index contributed by atoms with van der Waals surface area (Å²) in [7, 11) is -3.64. The summed E-state index contributed by atoms with van der Waals surface area (Å²) < 4.78 is 32.1. The van der Waals surface area contributed by atoms with Crippen molar-refractivity contribution in [2.75, 3.05) is 11.1 Å². The molecule has 9 nitrogen and oxygen atoms in total. The highest BCUT2D eigenvalue weighted by Gasteiger charge is 2.28. The van der Waals surface area contributed by atoms with Crippen molar-refractivity contribution in [1.29, 1.82) is 0 Å². The van der Waals surface area contributed by atoms with Crippen LogP contribution in [0.2, 0.25) is 5.02 Å². The minimum absolute atomic E-state index is 0.0387. The van der Waals surface area contributed by atoms with Gasteiger partial charge in [0.2, 0.25) is 5.95 Å². The zero-order valence-electron chi connectivity index (χ0n) is 17.8. The predicted molar refractivity (Wildman–Crippen MR) is 123 cm³/mol. The Hall–Kier alpha value is -2.85. The van der Waals surface area contributed by atoms with Gasteiger partial charge in [-0.2, -0.15) is 0 Å². The van der Waals surface area contributed by atoms with Crippen molar-refractivity contribution < 1.29 is 18.3 Å². The van der Waals surface area contributed by atoms with Crippen LogP contribution >= 0.6 is 11.6 Å². The Morgan fingerprint density at radius 1 is 1.15 bits per heavy atom. The van der Waals surface area contributed by atoms with Crippen molar-refractivity contribution >= 4 is 33.1 Å². The Labute approximate surface area is 196 Å². The van der Waals surface area contributed by atoms with Gasteiger partial charge < -0.3 is 15.2 Å². The quantitative estimate of drug-likeness (QED) is 0.440. The summed E-state index contributed by atoms with van der Waals surface area (Å²) in [5, 5.41) is 27.5. The number of tetrazole rings is 1. The summed E-state index contributed by atoms with van der Waals surface area (Å²) >= 11 is 6.58. The zero-order chi connectivity index (χ0) is 23.0. The molecule has 0 bridgehead atoms. The van der Waals surface area contributed by atoms with Crippen LogP contribution in [0.1, 0.15) is 43.2 Å². The number of ether oxygens (including phenoxy) is 1. The lowest BCUT2D eigenvalue weighted by Crippen LogP contribution is -2.14. The normalized spacial score (nSPS) is 16.2. The van der Waals surface area contributed by atoms with Crippen LogP contribution in [0.25, 0.3) is 0 Å². The SMILES string of the molecule is O=S(=O)(CC1CCCC1)c1cc(Oc2c(Cl)cc(Nc3nnn[nH]3)c3c2CCC3)ccc1O. The monoisotopic (exact) mass is 489 g/mol. The number of fused-ring (bicyclic) bond motifs is 1. The topological polar surface area (TPSA) is 130 Å². The van der Waals surface area contributed by atoms with E-state index in [0.29, 0.717) is 22.5 Å². The second kappa shape index (κ2) is 8.83. The average Bonchev–Trinajstić information content (AvgIpc) is 3.54. The van der Waals surface area contributed by atoms with E-state index in [-0.39, 0.29) is 22.3 Å². The summed E-state index contributed by atoms with van der Waals surface area (Å²) in [4.78, 5) is -0.101. The lowest BCUT2D eigenvalue weighted by Gasteiger charge is -2.17. The Morgan fingerprint density at radius 2 is 1.94 bits per heavy atom. The molecule has 0 radical (unpaired) electrons. The minimum Gasteiger partial charge on any atom is -0.507 e. The van der Waals surface area contributed by atoms with Gasteiger partial charge in [0.25, 0.3) is 0 Å². The van der Waals surface area contributed by atoms with E-state index >= 15 is 0 Å². The first-order valence-corrected chi connectivity index (χ1v) is 13.0. The number of phenols is 1. The highest BCUT2D eigenvalue weighted by atomic mass is 35.5. The summed E-state index contributed by atoms with van der Waals surface area (Å²) in [6.07, 6.45) is 6.47. The standard InChI is InChI=1S/C22H24ClN5O4S/c23-17-11-18(24-22-25-27-28-26-22)15-6-3-7-16(15)21(17)32-14-8-9-19(29)20(10-14)33(30,31)12-13-4-1-2-5-13/h8-11,13,29H,1-7,12H2,(H2,24,25,26,27,28). The van der Waals surface area contributed by atoms with Gasteiger partial charge in [0, 0.05) is 17.3 Å². The molecule has 1 saturated carbocycles. The second-order valence-electron chi connectivity index (χ2n) is 8.58. The number of aromatic amines is 1. The number of anilines is 2. The summed E-state index contributed by atoms with van der Waals surface area (Å²) in [6, 6.07) is 6.05. The smallest absolute Gasteiger partial charge is 0.244 e. The van der Waals surface area contributed by atoms with Crippen LogP contribution in [0, 0.1) is 5.92 Å². The van der Waals surface area contributed by atoms with E-state index in [2.05, 4.69) is 25.9 Å². The van der Waals surface area contributed by atoms with E-state index in [4.69, 9.17) is 16.3 Å². The van der Waals surface area contributed by atoms with E-state index in [1.54, 1.807) is 12.1 Å². The zero-order valence-corrected chi connectivity index (χ0v) is 19.4. The molecule has 0 amide bonds. The Bertz CT molecular complexity index is 1270. The molecule has 0 saturated heterocycles. The van der Waals surface area contributed by atoms with Gasteiger partial charge in [-0.05, 0) is 72.2 Å². The molecular formula is C22H24ClN5O4S. The van der Waals surface area contributed by atoms with Gasteiger partial charge in [-0.25, -0.2) is 13.5 Å². The molecule has 5 rings (SSSR count). The molecule has 2 aliphatic carbocycles. The number of aromatic hydroxyl groups is 1. The molecule has 2 aromatic carbocycles. The first-order valence-electron chi connectivity index (χ1n) is 11.0. The Morgan fingerprint density at radius 3 is 2.70 bits per heavy atom. The lowest BCUT2D eigenvalue weighted by molar-refractivity contribution is 0.446. The van der Waals surface area contributed by atoms with Gasteiger partial charge in [0.15, 0.2) is 9.84 Å². The molecule has 11 heteroatoms. The van der Waals surface area contributed by atoms with Crippen molar-refractivity contribution in [1.82, 2.24) is 20.6 Å². The fraction of sp³-hybridized carbons (Fsp3) is 0.409. The van der Waals surface area contributed by atoms with Crippen LogP contribution in [0.15, 0.2) is 29.2 Å². The molecule has 3 N–H and O–H groups in total. The van der Waals surface area contributed by atoms with E-state index in [9.17, 15) is 13.5 Å². The molecule has 0 aliphatic heterocycles.